The molecule has 0 aliphatic heterocycles. The van der Waals surface area contributed by atoms with Crippen LogP contribution in [0.15, 0.2) is 0 Å². The third-order valence-electron chi connectivity index (χ3n) is 1.65. The van der Waals surface area contributed by atoms with Crippen molar-refractivity contribution in [2.75, 3.05) is 14.2 Å². The minimum absolute atomic E-state index is 0.477. The van der Waals surface area contributed by atoms with Crippen molar-refractivity contribution in [3.63, 3.8) is 0 Å². The van der Waals surface area contributed by atoms with Crippen LogP contribution in [0, 0.1) is 0 Å². The number of hydrogen-bond acceptors (Lipinski definition) is 4. The Bertz CT molecular complexity index is 293. The van der Waals surface area contributed by atoms with Crippen LogP contribution in [0.1, 0.15) is 27.7 Å². The van der Waals surface area contributed by atoms with Gasteiger partial charge in [-0.2, -0.15) is 17.9 Å². The summed E-state index contributed by atoms with van der Waals surface area (Å²) >= 11 is 0. The van der Waals surface area contributed by atoms with Crippen LogP contribution in [0.25, 0.3) is 0 Å². The van der Waals surface area contributed by atoms with E-state index in [1.807, 2.05) is 0 Å². The molecule has 0 bridgehead atoms. The molecule has 16 heavy (non-hydrogen) atoms. The van der Waals surface area contributed by atoms with E-state index >= 15 is 0 Å². The Kier molecular flexibility index (Phi) is 5.85. The molecule has 0 aromatic rings. The van der Waals surface area contributed by atoms with Gasteiger partial charge >= 0.3 is 0 Å². The minimum atomic E-state index is -3.56. The molecule has 0 aromatic carbocycles. The van der Waals surface area contributed by atoms with Gasteiger partial charge in [0.25, 0.3) is 10.2 Å². The summed E-state index contributed by atoms with van der Waals surface area (Å²) in [6.45, 7) is 6.96. The smallest absolute Gasteiger partial charge is 0.277 e. The number of nitrogens with one attached hydrogen (secondary N) is 2. The van der Waals surface area contributed by atoms with Crippen LogP contribution in [-0.4, -0.2) is 40.5 Å². The molecule has 98 valence electrons. The van der Waals surface area contributed by atoms with Gasteiger partial charge in [-0.1, -0.05) is 0 Å². The number of methoxy groups -OCH3 is 2. The lowest BCUT2D eigenvalue weighted by Crippen LogP contribution is -2.52. The molecule has 2 N–H and O–H groups in total. The monoisotopic (exact) mass is 254 g/mol. The summed E-state index contributed by atoms with van der Waals surface area (Å²) in [5.74, 6) is 0. The van der Waals surface area contributed by atoms with Crippen LogP contribution in [0.3, 0.4) is 0 Å². The molecule has 0 aliphatic rings. The largest absolute Gasteiger partial charge is 0.354 e. The van der Waals surface area contributed by atoms with E-state index in [-0.39, 0.29) is 0 Å². The molecular formula is C9H22N2O4S. The number of rotatable bonds is 6. The topological polar surface area (TPSA) is 76.7 Å². The maximum absolute atomic E-state index is 11.7. The van der Waals surface area contributed by atoms with Crippen molar-refractivity contribution in [3.05, 3.63) is 0 Å². The van der Waals surface area contributed by atoms with Crippen molar-refractivity contribution in [1.29, 1.82) is 0 Å². The summed E-state index contributed by atoms with van der Waals surface area (Å²) in [5.41, 5.74) is -0.527. The first-order valence-corrected chi connectivity index (χ1v) is 6.46. The lowest BCUT2D eigenvalue weighted by Gasteiger charge is -2.25. The van der Waals surface area contributed by atoms with Gasteiger partial charge in [-0.3, -0.25) is 0 Å². The van der Waals surface area contributed by atoms with Crippen LogP contribution in [0.4, 0.5) is 0 Å². The highest BCUT2D eigenvalue weighted by Crippen LogP contribution is 2.04. The highest BCUT2D eigenvalue weighted by atomic mass is 32.2. The van der Waals surface area contributed by atoms with Gasteiger partial charge in [-0.05, 0) is 27.7 Å². The Morgan fingerprint density at radius 2 is 1.56 bits per heavy atom. The van der Waals surface area contributed by atoms with E-state index < -0.39 is 28.1 Å². The lowest BCUT2D eigenvalue weighted by atomic mass is 10.1. The van der Waals surface area contributed by atoms with Crippen LogP contribution in [-0.2, 0) is 19.7 Å². The fourth-order valence-corrected chi connectivity index (χ4v) is 2.70. The van der Waals surface area contributed by atoms with Crippen molar-refractivity contribution in [3.8, 4) is 0 Å². The normalized spacial score (nSPS) is 15.4. The van der Waals surface area contributed by atoms with Crippen molar-refractivity contribution in [1.82, 2.24) is 9.44 Å². The first kappa shape index (κ1) is 15.8. The van der Waals surface area contributed by atoms with Crippen LogP contribution >= 0.6 is 0 Å². The zero-order valence-corrected chi connectivity index (χ0v) is 11.5. The average molecular weight is 254 g/mol. The molecule has 0 aliphatic carbocycles. The third kappa shape index (κ3) is 6.39. The molecule has 0 radical (unpaired) electrons. The van der Waals surface area contributed by atoms with E-state index in [0.29, 0.717) is 0 Å². The van der Waals surface area contributed by atoms with E-state index in [9.17, 15) is 8.42 Å². The Labute approximate surface area is 97.9 Å². The predicted molar refractivity (Wildman–Crippen MR) is 62.2 cm³/mol. The van der Waals surface area contributed by atoms with Crippen molar-refractivity contribution in [2.45, 2.75) is 45.6 Å². The summed E-state index contributed by atoms with van der Waals surface area (Å²) in [4.78, 5) is 0. The van der Waals surface area contributed by atoms with Crippen LogP contribution in [0.5, 0.6) is 0 Å². The van der Waals surface area contributed by atoms with E-state index in [1.54, 1.807) is 27.7 Å². The van der Waals surface area contributed by atoms with Crippen LogP contribution in [0.2, 0.25) is 0 Å². The van der Waals surface area contributed by atoms with Gasteiger partial charge < -0.3 is 9.47 Å². The molecule has 0 heterocycles. The van der Waals surface area contributed by atoms with E-state index in [1.165, 1.54) is 14.2 Å². The van der Waals surface area contributed by atoms with Gasteiger partial charge in [0, 0.05) is 19.8 Å². The van der Waals surface area contributed by atoms with Gasteiger partial charge in [0.2, 0.25) is 0 Å². The Balaban J connectivity index is 4.48. The molecule has 0 fully saturated rings. The highest BCUT2D eigenvalue weighted by molar-refractivity contribution is 7.87. The van der Waals surface area contributed by atoms with Gasteiger partial charge in [0.05, 0.1) is 6.04 Å². The quantitative estimate of drug-likeness (QED) is 0.665. The SMILES string of the molecule is COC(OC)C(C)NS(=O)(=O)NC(C)(C)C. The van der Waals surface area contributed by atoms with Gasteiger partial charge in [0.15, 0.2) is 6.29 Å². The van der Waals surface area contributed by atoms with E-state index in [0.717, 1.165) is 0 Å². The standard InChI is InChI=1S/C9H22N2O4S/c1-7(8(14-5)15-6)10-16(12,13)11-9(2,3)4/h7-8,10-11H,1-6H3. The Morgan fingerprint density at radius 3 is 1.88 bits per heavy atom. The molecule has 1 atom stereocenters. The predicted octanol–water partition coefficient (Wildman–Crippen LogP) is 0.216. The number of ether oxygens (including phenoxy) is 2. The molecular weight excluding hydrogens is 232 g/mol. The lowest BCUT2D eigenvalue weighted by molar-refractivity contribution is -0.115. The summed E-state index contributed by atoms with van der Waals surface area (Å²) in [7, 11) is -0.655. The van der Waals surface area contributed by atoms with E-state index in [2.05, 4.69) is 9.44 Å². The average Bonchev–Trinajstić information content (AvgIpc) is 1.99. The fraction of sp³-hybridized carbons (Fsp3) is 1.00. The summed E-state index contributed by atoms with van der Waals surface area (Å²) < 4.78 is 38.1. The zero-order valence-electron chi connectivity index (χ0n) is 10.7. The molecule has 0 aromatic heterocycles. The molecule has 0 saturated heterocycles. The second-order valence-corrected chi connectivity index (χ2v) is 6.05. The molecule has 7 heteroatoms. The highest BCUT2D eigenvalue weighted by Gasteiger charge is 2.25. The molecule has 0 amide bonds. The van der Waals surface area contributed by atoms with Crippen molar-refractivity contribution in [2.24, 2.45) is 0 Å². The Hall–Kier alpha value is -0.210. The third-order valence-corrected chi connectivity index (χ3v) is 3.22. The first-order valence-electron chi connectivity index (χ1n) is 4.98. The molecule has 0 saturated carbocycles. The van der Waals surface area contributed by atoms with E-state index in [4.69, 9.17) is 9.47 Å². The molecule has 0 spiro atoms. The van der Waals surface area contributed by atoms with Gasteiger partial charge in [-0.25, -0.2) is 0 Å². The second-order valence-electron chi connectivity index (χ2n) is 4.60. The Morgan fingerprint density at radius 1 is 1.12 bits per heavy atom. The van der Waals surface area contributed by atoms with Gasteiger partial charge in [0.1, 0.15) is 0 Å². The van der Waals surface area contributed by atoms with Gasteiger partial charge in [-0.15, -0.1) is 0 Å². The molecule has 6 nitrogen and oxygen atoms in total. The minimum Gasteiger partial charge on any atom is -0.354 e. The maximum atomic E-state index is 11.7. The zero-order chi connectivity index (χ0) is 13.0. The first-order chi connectivity index (χ1) is 7.11. The second kappa shape index (κ2) is 5.92. The fourth-order valence-electron chi connectivity index (χ4n) is 1.24. The summed E-state index contributed by atoms with van der Waals surface area (Å²) in [5, 5.41) is 0. The molecule has 1 unspecified atom stereocenters. The summed E-state index contributed by atoms with van der Waals surface area (Å²) in [6.07, 6.45) is -0.614. The number of hydrogen-bond donors (Lipinski definition) is 2. The van der Waals surface area contributed by atoms with Crippen molar-refractivity contribution >= 4 is 10.2 Å². The maximum Gasteiger partial charge on any atom is 0.277 e. The van der Waals surface area contributed by atoms with Crippen molar-refractivity contribution < 1.29 is 17.9 Å². The molecule has 0 rings (SSSR count). The summed E-state index contributed by atoms with van der Waals surface area (Å²) in [6, 6.07) is -0.477. The van der Waals surface area contributed by atoms with Crippen LogP contribution < -0.4 is 9.44 Å².